The molecule has 1 heterocycles. The minimum Gasteiger partial charge on any atom is -0.345 e. The molecule has 0 saturated carbocycles. The third-order valence-corrected chi connectivity index (χ3v) is 3.94. The number of benzene rings is 1. The topological polar surface area (TPSA) is 38.1 Å². The fourth-order valence-corrected chi connectivity index (χ4v) is 2.43. The maximum atomic E-state index is 12.1. The number of likely N-dealkylation sites (N-methyl/N-ethyl adjacent to an activating group) is 1. The van der Waals surface area contributed by atoms with Gasteiger partial charge in [0.05, 0.1) is 6.20 Å². The van der Waals surface area contributed by atoms with Crippen molar-refractivity contribution in [2.75, 3.05) is 13.6 Å². The van der Waals surface area contributed by atoms with Gasteiger partial charge in [-0.15, -0.1) is 0 Å². The maximum absolute atomic E-state index is 12.1. The van der Waals surface area contributed by atoms with Crippen LogP contribution in [0.25, 0.3) is 0 Å². The number of hydrogen-bond donors (Lipinski definition) is 0. The highest BCUT2D eigenvalue weighted by molar-refractivity contribution is 6.30. The van der Waals surface area contributed by atoms with Gasteiger partial charge in [0.25, 0.3) is 0 Å². The SMILES string of the molecule is CN(CCc1cnn(C)c1)C(=O)CCCc1ccc(Cl)cc1. The summed E-state index contributed by atoms with van der Waals surface area (Å²) >= 11 is 5.86. The molecule has 0 aliphatic carbocycles. The average molecular weight is 320 g/mol. The zero-order valence-corrected chi connectivity index (χ0v) is 13.9. The Morgan fingerprint density at radius 3 is 2.59 bits per heavy atom. The number of amides is 1. The number of carbonyl (C=O) groups is 1. The Hall–Kier alpha value is -1.81. The van der Waals surface area contributed by atoms with Crippen molar-refractivity contribution in [1.29, 1.82) is 0 Å². The van der Waals surface area contributed by atoms with E-state index in [4.69, 9.17) is 11.6 Å². The van der Waals surface area contributed by atoms with Crippen LogP contribution < -0.4 is 0 Å². The number of hydrogen-bond acceptors (Lipinski definition) is 2. The molecule has 2 aromatic rings. The summed E-state index contributed by atoms with van der Waals surface area (Å²) in [5.74, 6) is 0.192. The van der Waals surface area contributed by atoms with Gasteiger partial charge in [0.1, 0.15) is 0 Å². The first kappa shape index (κ1) is 16.6. The lowest BCUT2D eigenvalue weighted by molar-refractivity contribution is -0.129. The van der Waals surface area contributed by atoms with Gasteiger partial charge in [-0.2, -0.15) is 5.10 Å². The molecule has 1 aromatic carbocycles. The van der Waals surface area contributed by atoms with Crippen molar-refractivity contribution in [2.45, 2.75) is 25.7 Å². The molecular weight excluding hydrogens is 298 g/mol. The van der Waals surface area contributed by atoms with Gasteiger partial charge in [0, 0.05) is 38.3 Å². The predicted molar refractivity (Wildman–Crippen MR) is 88.9 cm³/mol. The number of halogens is 1. The maximum Gasteiger partial charge on any atom is 0.222 e. The summed E-state index contributed by atoms with van der Waals surface area (Å²) in [6.07, 6.45) is 7.01. The van der Waals surface area contributed by atoms with Crippen molar-refractivity contribution < 1.29 is 4.79 Å². The van der Waals surface area contributed by atoms with Crippen LogP contribution in [0.2, 0.25) is 5.02 Å². The van der Waals surface area contributed by atoms with E-state index in [9.17, 15) is 4.79 Å². The van der Waals surface area contributed by atoms with Crippen LogP contribution in [0.15, 0.2) is 36.7 Å². The minimum atomic E-state index is 0.192. The summed E-state index contributed by atoms with van der Waals surface area (Å²) in [7, 11) is 3.76. The van der Waals surface area contributed by atoms with Gasteiger partial charge >= 0.3 is 0 Å². The molecule has 0 spiro atoms. The normalized spacial score (nSPS) is 10.7. The predicted octanol–water partition coefficient (Wildman–Crippen LogP) is 3.10. The van der Waals surface area contributed by atoms with Crippen LogP contribution in [0.5, 0.6) is 0 Å². The van der Waals surface area contributed by atoms with Crippen molar-refractivity contribution in [3.05, 3.63) is 52.8 Å². The van der Waals surface area contributed by atoms with Crippen molar-refractivity contribution in [2.24, 2.45) is 7.05 Å². The Kier molecular flexibility index (Phi) is 6.01. The Bertz CT molecular complexity index is 607. The molecule has 0 unspecified atom stereocenters. The summed E-state index contributed by atoms with van der Waals surface area (Å²) in [5.41, 5.74) is 2.37. The van der Waals surface area contributed by atoms with Gasteiger partial charge in [-0.3, -0.25) is 9.48 Å². The van der Waals surface area contributed by atoms with Crippen LogP contribution in [-0.2, 0) is 24.7 Å². The molecule has 0 aliphatic heterocycles. The van der Waals surface area contributed by atoms with Crippen LogP contribution in [0.4, 0.5) is 0 Å². The molecular formula is C17H22ClN3O. The second-order valence-corrected chi connectivity index (χ2v) is 6.00. The lowest BCUT2D eigenvalue weighted by Crippen LogP contribution is -2.28. The fourth-order valence-electron chi connectivity index (χ4n) is 2.31. The van der Waals surface area contributed by atoms with E-state index in [2.05, 4.69) is 5.10 Å². The standard InChI is InChI=1S/C17H22ClN3O/c1-20(11-10-15-12-19-21(2)13-15)17(22)5-3-4-14-6-8-16(18)9-7-14/h6-9,12-13H,3-5,10-11H2,1-2H3. The molecule has 0 aliphatic rings. The number of carbonyl (C=O) groups excluding carboxylic acids is 1. The van der Waals surface area contributed by atoms with Crippen LogP contribution in [0.3, 0.4) is 0 Å². The molecule has 1 amide bonds. The highest BCUT2D eigenvalue weighted by atomic mass is 35.5. The minimum absolute atomic E-state index is 0.192. The fraction of sp³-hybridized carbons (Fsp3) is 0.412. The van der Waals surface area contributed by atoms with Crippen LogP contribution in [-0.4, -0.2) is 34.2 Å². The van der Waals surface area contributed by atoms with Crippen molar-refractivity contribution >= 4 is 17.5 Å². The van der Waals surface area contributed by atoms with Gasteiger partial charge in [-0.05, 0) is 42.5 Å². The number of aryl methyl sites for hydroxylation is 2. The Labute approximate surface area is 136 Å². The molecule has 118 valence electrons. The molecule has 0 saturated heterocycles. The van der Waals surface area contributed by atoms with Gasteiger partial charge in [0.2, 0.25) is 5.91 Å². The number of aromatic nitrogens is 2. The molecule has 2 rings (SSSR count). The average Bonchev–Trinajstić information content (AvgIpc) is 2.92. The van der Waals surface area contributed by atoms with E-state index in [-0.39, 0.29) is 5.91 Å². The Balaban J connectivity index is 1.68. The summed E-state index contributed by atoms with van der Waals surface area (Å²) in [4.78, 5) is 13.9. The first-order valence-electron chi connectivity index (χ1n) is 7.50. The van der Waals surface area contributed by atoms with Gasteiger partial charge in [-0.25, -0.2) is 0 Å². The highest BCUT2D eigenvalue weighted by Gasteiger charge is 2.09. The van der Waals surface area contributed by atoms with Gasteiger partial charge in [-0.1, -0.05) is 23.7 Å². The summed E-state index contributed by atoms with van der Waals surface area (Å²) in [6, 6.07) is 7.80. The van der Waals surface area contributed by atoms with E-state index in [0.29, 0.717) is 6.42 Å². The van der Waals surface area contributed by atoms with E-state index in [1.54, 1.807) is 9.58 Å². The first-order valence-corrected chi connectivity index (χ1v) is 7.88. The lowest BCUT2D eigenvalue weighted by atomic mass is 10.1. The van der Waals surface area contributed by atoms with E-state index >= 15 is 0 Å². The zero-order chi connectivity index (χ0) is 15.9. The summed E-state index contributed by atoms with van der Waals surface area (Å²) in [6.45, 7) is 0.728. The molecule has 0 N–H and O–H groups in total. The quantitative estimate of drug-likeness (QED) is 0.786. The highest BCUT2D eigenvalue weighted by Crippen LogP contribution is 2.12. The molecule has 5 heteroatoms. The number of rotatable bonds is 7. The van der Waals surface area contributed by atoms with Crippen LogP contribution in [0, 0.1) is 0 Å². The Morgan fingerprint density at radius 1 is 1.23 bits per heavy atom. The van der Waals surface area contributed by atoms with Crippen molar-refractivity contribution in [1.82, 2.24) is 14.7 Å². The Morgan fingerprint density at radius 2 is 1.95 bits per heavy atom. The molecule has 1 aromatic heterocycles. The van der Waals surface area contributed by atoms with E-state index in [1.807, 2.05) is 50.8 Å². The second-order valence-electron chi connectivity index (χ2n) is 5.57. The van der Waals surface area contributed by atoms with Crippen LogP contribution >= 0.6 is 11.6 Å². The van der Waals surface area contributed by atoms with E-state index in [0.717, 1.165) is 36.4 Å². The molecule has 0 atom stereocenters. The molecule has 0 bridgehead atoms. The smallest absolute Gasteiger partial charge is 0.222 e. The van der Waals surface area contributed by atoms with Gasteiger partial charge in [0.15, 0.2) is 0 Å². The lowest BCUT2D eigenvalue weighted by Gasteiger charge is -2.16. The van der Waals surface area contributed by atoms with Crippen molar-refractivity contribution in [3.8, 4) is 0 Å². The third-order valence-electron chi connectivity index (χ3n) is 3.69. The molecule has 0 fully saturated rings. The molecule has 22 heavy (non-hydrogen) atoms. The third kappa shape index (κ3) is 5.19. The molecule has 4 nitrogen and oxygen atoms in total. The monoisotopic (exact) mass is 319 g/mol. The van der Waals surface area contributed by atoms with E-state index < -0.39 is 0 Å². The largest absolute Gasteiger partial charge is 0.345 e. The van der Waals surface area contributed by atoms with Gasteiger partial charge < -0.3 is 4.90 Å². The second kappa shape index (κ2) is 7.99. The van der Waals surface area contributed by atoms with Crippen molar-refractivity contribution in [3.63, 3.8) is 0 Å². The summed E-state index contributed by atoms with van der Waals surface area (Å²) in [5, 5.41) is 4.88. The molecule has 0 radical (unpaired) electrons. The van der Waals surface area contributed by atoms with Crippen LogP contribution in [0.1, 0.15) is 24.0 Å². The van der Waals surface area contributed by atoms with E-state index in [1.165, 1.54) is 5.56 Å². The number of nitrogens with zero attached hydrogens (tertiary/aromatic N) is 3. The zero-order valence-electron chi connectivity index (χ0n) is 13.1. The first-order chi connectivity index (χ1) is 10.5. The summed E-state index contributed by atoms with van der Waals surface area (Å²) < 4.78 is 1.78.